The van der Waals surface area contributed by atoms with Gasteiger partial charge in [0.15, 0.2) is 0 Å². The summed E-state index contributed by atoms with van der Waals surface area (Å²) in [5.41, 5.74) is -1.21. The van der Waals surface area contributed by atoms with Crippen LogP contribution in [0.3, 0.4) is 0 Å². The normalized spacial score (nSPS) is 18.5. The van der Waals surface area contributed by atoms with Crippen LogP contribution < -0.4 is 0 Å². The fourth-order valence-corrected chi connectivity index (χ4v) is 4.25. The molecule has 21 heavy (non-hydrogen) atoms. The van der Waals surface area contributed by atoms with Gasteiger partial charge in [0.1, 0.15) is 0 Å². The lowest BCUT2D eigenvalue weighted by atomic mass is 10.2. The Labute approximate surface area is 126 Å². The molecule has 0 aromatic heterocycles. The molecule has 1 aliphatic rings. The van der Waals surface area contributed by atoms with Crippen LogP contribution in [-0.2, 0) is 16.2 Å². The molecule has 0 radical (unpaired) electrons. The van der Waals surface area contributed by atoms with Gasteiger partial charge in [-0.1, -0.05) is 24.4 Å². The summed E-state index contributed by atoms with van der Waals surface area (Å²) in [6.45, 7) is 0.504. The Balaban J connectivity index is 2.49. The Hall–Kier alpha value is -0.790. The van der Waals surface area contributed by atoms with E-state index >= 15 is 0 Å². The van der Waals surface area contributed by atoms with Crippen LogP contribution in [0.25, 0.3) is 0 Å². The molecule has 1 heterocycles. The number of hydrogen-bond acceptors (Lipinski definition) is 2. The fraction of sp³-hybridized carbons (Fsp3) is 0.538. The zero-order chi connectivity index (χ0) is 15.7. The van der Waals surface area contributed by atoms with Gasteiger partial charge in [0.05, 0.1) is 10.5 Å². The third kappa shape index (κ3) is 3.70. The summed E-state index contributed by atoms with van der Waals surface area (Å²) < 4.78 is 65.3. The fourth-order valence-electron chi connectivity index (χ4n) is 2.37. The van der Waals surface area contributed by atoms with Crippen molar-refractivity contribution in [1.29, 1.82) is 0 Å². The lowest BCUT2D eigenvalue weighted by molar-refractivity contribution is -0.139. The van der Waals surface area contributed by atoms with E-state index in [0.717, 1.165) is 23.2 Å². The summed E-state index contributed by atoms with van der Waals surface area (Å²) in [7, 11) is -4.16. The van der Waals surface area contributed by atoms with Gasteiger partial charge in [0.25, 0.3) is 0 Å². The van der Waals surface area contributed by atoms with E-state index in [0.29, 0.717) is 18.9 Å². The van der Waals surface area contributed by atoms with Crippen molar-refractivity contribution in [1.82, 2.24) is 4.31 Å². The molecule has 0 unspecified atom stereocenters. The Morgan fingerprint density at radius 3 is 2.14 bits per heavy atom. The highest BCUT2D eigenvalue weighted by atomic mass is 35.5. The number of rotatable bonds is 2. The van der Waals surface area contributed by atoms with Gasteiger partial charge in [-0.3, -0.25) is 0 Å². The molecule has 2 rings (SSSR count). The van der Waals surface area contributed by atoms with Crippen molar-refractivity contribution >= 4 is 21.6 Å². The van der Waals surface area contributed by atoms with Crippen LogP contribution in [-0.4, -0.2) is 25.8 Å². The number of nitrogens with zero attached hydrogens (tertiary/aromatic N) is 1. The third-order valence-electron chi connectivity index (χ3n) is 3.43. The van der Waals surface area contributed by atoms with Gasteiger partial charge in [-0.2, -0.15) is 17.5 Å². The van der Waals surface area contributed by atoms with Crippen LogP contribution in [0.15, 0.2) is 23.1 Å². The summed E-state index contributed by atoms with van der Waals surface area (Å²) in [4.78, 5) is -0.721. The van der Waals surface area contributed by atoms with E-state index in [1.54, 1.807) is 0 Å². The SMILES string of the molecule is O=S(=O)(c1ccc(Cl)cc1C(F)(F)F)N1CCCCCC1. The molecule has 8 heteroatoms. The van der Waals surface area contributed by atoms with Gasteiger partial charge >= 0.3 is 6.18 Å². The van der Waals surface area contributed by atoms with Crippen LogP contribution in [0.2, 0.25) is 5.02 Å². The Morgan fingerprint density at radius 1 is 1.05 bits per heavy atom. The monoisotopic (exact) mass is 341 g/mol. The van der Waals surface area contributed by atoms with Crippen LogP contribution in [0.4, 0.5) is 13.2 Å². The van der Waals surface area contributed by atoms with Crippen molar-refractivity contribution in [2.45, 2.75) is 36.8 Å². The van der Waals surface area contributed by atoms with Crippen molar-refractivity contribution in [3.05, 3.63) is 28.8 Å². The van der Waals surface area contributed by atoms with E-state index in [4.69, 9.17) is 11.6 Å². The number of sulfonamides is 1. The first-order valence-electron chi connectivity index (χ1n) is 6.60. The van der Waals surface area contributed by atoms with Crippen LogP contribution in [0, 0.1) is 0 Å². The molecule has 3 nitrogen and oxygen atoms in total. The maximum absolute atomic E-state index is 13.1. The first kappa shape index (κ1) is 16.6. The topological polar surface area (TPSA) is 37.4 Å². The second-order valence-electron chi connectivity index (χ2n) is 4.96. The predicted molar refractivity (Wildman–Crippen MR) is 73.7 cm³/mol. The molecular formula is C13H15ClF3NO2S. The number of alkyl halides is 3. The number of halogens is 4. The highest BCUT2D eigenvalue weighted by molar-refractivity contribution is 7.89. The Bertz CT molecular complexity index is 608. The van der Waals surface area contributed by atoms with Gasteiger partial charge < -0.3 is 0 Å². The molecule has 0 N–H and O–H groups in total. The van der Waals surface area contributed by atoms with Gasteiger partial charge in [0, 0.05) is 18.1 Å². The van der Waals surface area contributed by atoms with E-state index in [1.165, 1.54) is 6.07 Å². The maximum Gasteiger partial charge on any atom is 0.417 e. The average Bonchev–Trinajstić information content (AvgIpc) is 2.66. The summed E-state index contributed by atoms with van der Waals surface area (Å²) in [6, 6.07) is 2.76. The maximum atomic E-state index is 13.1. The second kappa shape index (κ2) is 6.14. The van der Waals surface area contributed by atoms with Crippen molar-refractivity contribution in [3.63, 3.8) is 0 Å². The van der Waals surface area contributed by atoms with Crippen LogP contribution >= 0.6 is 11.6 Å². The van der Waals surface area contributed by atoms with Gasteiger partial charge in [-0.15, -0.1) is 0 Å². The van der Waals surface area contributed by atoms with E-state index in [-0.39, 0.29) is 18.1 Å². The molecule has 118 valence electrons. The molecule has 0 amide bonds. The standard InChI is InChI=1S/C13H15ClF3NO2S/c14-10-5-6-12(11(9-10)13(15,16)17)21(19,20)18-7-3-1-2-4-8-18/h5-6,9H,1-4,7-8H2. The van der Waals surface area contributed by atoms with E-state index in [2.05, 4.69) is 0 Å². The summed E-state index contributed by atoms with van der Waals surface area (Å²) >= 11 is 5.58. The van der Waals surface area contributed by atoms with E-state index in [9.17, 15) is 21.6 Å². The first-order chi connectivity index (χ1) is 9.73. The summed E-state index contributed by atoms with van der Waals surface area (Å²) in [6.07, 6.45) is -1.67. The van der Waals surface area contributed by atoms with Crippen molar-refractivity contribution in [3.8, 4) is 0 Å². The minimum Gasteiger partial charge on any atom is -0.207 e. The third-order valence-corrected chi connectivity index (χ3v) is 5.62. The van der Waals surface area contributed by atoms with Crippen LogP contribution in [0.5, 0.6) is 0 Å². The predicted octanol–water partition coefficient (Wildman–Crippen LogP) is 3.92. The van der Waals surface area contributed by atoms with Crippen molar-refractivity contribution < 1.29 is 21.6 Å². The Kier molecular flexibility index (Phi) is 4.85. The van der Waals surface area contributed by atoms with E-state index in [1.807, 2.05) is 0 Å². The van der Waals surface area contributed by atoms with Crippen molar-refractivity contribution in [2.24, 2.45) is 0 Å². The molecule has 1 aromatic carbocycles. The first-order valence-corrected chi connectivity index (χ1v) is 8.41. The molecule has 1 fully saturated rings. The molecular weight excluding hydrogens is 327 g/mol. The average molecular weight is 342 g/mol. The Morgan fingerprint density at radius 2 is 1.62 bits per heavy atom. The molecule has 0 saturated carbocycles. The van der Waals surface area contributed by atoms with Gasteiger partial charge in [0.2, 0.25) is 10.0 Å². The molecule has 0 spiro atoms. The highest BCUT2D eigenvalue weighted by Crippen LogP contribution is 2.37. The van der Waals surface area contributed by atoms with Crippen LogP contribution in [0.1, 0.15) is 31.2 Å². The molecule has 0 aliphatic carbocycles. The van der Waals surface area contributed by atoms with Crippen molar-refractivity contribution in [2.75, 3.05) is 13.1 Å². The molecule has 1 aromatic rings. The van der Waals surface area contributed by atoms with Gasteiger partial charge in [-0.25, -0.2) is 8.42 Å². The molecule has 0 bridgehead atoms. The second-order valence-corrected chi connectivity index (χ2v) is 7.30. The minimum absolute atomic E-state index is 0.142. The van der Waals surface area contributed by atoms with E-state index < -0.39 is 26.7 Å². The lowest BCUT2D eigenvalue weighted by Crippen LogP contribution is -2.33. The molecule has 1 saturated heterocycles. The largest absolute Gasteiger partial charge is 0.417 e. The molecule has 1 aliphatic heterocycles. The quantitative estimate of drug-likeness (QED) is 0.817. The minimum atomic E-state index is -4.76. The summed E-state index contributed by atoms with van der Waals surface area (Å²) in [5, 5.41) is -0.142. The smallest absolute Gasteiger partial charge is 0.207 e. The van der Waals surface area contributed by atoms with Gasteiger partial charge in [-0.05, 0) is 31.0 Å². The lowest BCUT2D eigenvalue weighted by Gasteiger charge is -2.22. The zero-order valence-corrected chi connectivity index (χ0v) is 12.7. The summed E-state index contributed by atoms with van der Waals surface area (Å²) in [5.74, 6) is 0. The molecule has 0 atom stereocenters. The number of hydrogen-bond donors (Lipinski definition) is 0. The number of benzene rings is 1. The highest BCUT2D eigenvalue weighted by Gasteiger charge is 2.39. The zero-order valence-electron chi connectivity index (χ0n) is 11.2.